The van der Waals surface area contributed by atoms with Crippen LogP contribution in [0.5, 0.6) is 5.75 Å². The molecule has 2 aromatic carbocycles. The predicted octanol–water partition coefficient (Wildman–Crippen LogP) is 5.08. The summed E-state index contributed by atoms with van der Waals surface area (Å²) in [6.07, 6.45) is 5.32. The molecule has 2 aliphatic rings. The fourth-order valence-corrected chi connectivity index (χ4v) is 4.12. The number of nitrogens with one attached hydrogen (secondary N) is 1. The van der Waals surface area contributed by atoms with E-state index in [4.69, 9.17) is 16.3 Å². The van der Waals surface area contributed by atoms with Crippen LogP contribution >= 0.6 is 11.6 Å². The number of rotatable bonds is 3. The zero-order valence-electron chi connectivity index (χ0n) is 13.6. The van der Waals surface area contributed by atoms with E-state index >= 15 is 0 Å². The van der Waals surface area contributed by atoms with E-state index in [1.807, 2.05) is 24.3 Å². The Labute approximate surface area is 150 Å². The molecule has 0 bridgehead atoms. The molecule has 1 aliphatic carbocycles. The Morgan fingerprint density at radius 1 is 1.28 bits per heavy atom. The number of ether oxygens (including phenoxy) is 1. The second-order valence-corrected chi connectivity index (χ2v) is 6.83. The van der Waals surface area contributed by atoms with E-state index in [2.05, 4.69) is 17.5 Å². The highest BCUT2D eigenvalue weighted by Gasteiger charge is 2.38. The highest BCUT2D eigenvalue weighted by Crippen LogP contribution is 2.50. The van der Waals surface area contributed by atoms with Crippen molar-refractivity contribution in [2.75, 3.05) is 12.4 Å². The minimum absolute atomic E-state index is 0.00159. The third-order valence-electron chi connectivity index (χ3n) is 5.08. The number of fused-ring (bicyclic) bond motifs is 3. The van der Waals surface area contributed by atoms with Crippen molar-refractivity contribution in [2.45, 2.75) is 18.4 Å². The van der Waals surface area contributed by atoms with Gasteiger partial charge in [0.25, 0.3) is 0 Å². The van der Waals surface area contributed by atoms with E-state index in [-0.39, 0.29) is 23.4 Å². The van der Waals surface area contributed by atoms with Gasteiger partial charge in [-0.15, -0.1) is 0 Å². The van der Waals surface area contributed by atoms with Gasteiger partial charge in [-0.3, -0.25) is 10.1 Å². The normalized spacial score (nSPS) is 23.5. The zero-order chi connectivity index (χ0) is 17.6. The van der Waals surface area contributed by atoms with Gasteiger partial charge in [0.05, 0.1) is 18.1 Å². The number of methoxy groups -OCH3 is 1. The van der Waals surface area contributed by atoms with Crippen molar-refractivity contribution in [2.24, 2.45) is 5.92 Å². The lowest BCUT2D eigenvalue weighted by Gasteiger charge is -2.37. The summed E-state index contributed by atoms with van der Waals surface area (Å²) in [5.41, 5.74) is 3.10. The Hall–Kier alpha value is -2.53. The maximum atomic E-state index is 11.4. The monoisotopic (exact) mass is 356 g/mol. The summed E-state index contributed by atoms with van der Waals surface area (Å²) in [4.78, 5) is 11.0. The topological polar surface area (TPSA) is 64.4 Å². The van der Waals surface area contributed by atoms with Crippen LogP contribution in [-0.4, -0.2) is 12.0 Å². The fourth-order valence-electron chi connectivity index (χ4n) is 3.94. The average molecular weight is 357 g/mol. The number of hydrogen-bond acceptors (Lipinski definition) is 4. The van der Waals surface area contributed by atoms with E-state index in [0.717, 1.165) is 22.7 Å². The third-order valence-corrected chi connectivity index (χ3v) is 5.32. The molecule has 0 saturated heterocycles. The molecule has 128 valence electrons. The van der Waals surface area contributed by atoms with Gasteiger partial charge in [0, 0.05) is 22.7 Å². The number of nitrogens with zero attached hydrogens (tertiary/aromatic N) is 1. The molecule has 1 aliphatic heterocycles. The molecule has 5 nitrogen and oxygen atoms in total. The van der Waals surface area contributed by atoms with Crippen LogP contribution in [0.25, 0.3) is 0 Å². The Balaban J connectivity index is 1.78. The number of allylic oxidation sites excluding steroid dienone is 2. The van der Waals surface area contributed by atoms with Crippen LogP contribution in [0, 0.1) is 16.0 Å². The lowest BCUT2D eigenvalue weighted by molar-refractivity contribution is -0.385. The Kier molecular flexibility index (Phi) is 3.88. The first-order chi connectivity index (χ1) is 12.1. The van der Waals surface area contributed by atoms with Crippen molar-refractivity contribution in [1.82, 2.24) is 0 Å². The van der Waals surface area contributed by atoms with Crippen LogP contribution in [0.1, 0.15) is 29.5 Å². The smallest absolute Gasteiger partial charge is 0.311 e. The van der Waals surface area contributed by atoms with Crippen molar-refractivity contribution >= 4 is 23.0 Å². The molecule has 1 heterocycles. The number of nitro groups is 1. The fraction of sp³-hybridized carbons (Fsp3) is 0.263. The van der Waals surface area contributed by atoms with Crippen molar-refractivity contribution in [1.29, 1.82) is 0 Å². The quantitative estimate of drug-likeness (QED) is 0.473. The molecular formula is C19H17ClN2O3. The first-order valence-electron chi connectivity index (χ1n) is 8.13. The molecule has 1 N–H and O–H groups in total. The summed E-state index contributed by atoms with van der Waals surface area (Å²) in [6.45, 7) is 0. The summed E-state index contributed by atoms with van der Waals surface area (Å²) in [7, 11) is 1.44. The van der Waals surface area contributed by atoms with Crippen molar-refractivity contribution in [3.63, 3.8) is 0 Å². The Bertz CT molecular complexity index is 881. The lowest BCUT2D eigenvalue weighted by atomic mass is 9.77. The van der Waals surface area contributed by atoms with Crippen LogP contribution in [0.2, 0.25) is 5.02 Å². The molecule has 25 heavy (non-hydrogen) atoms. The van der Waals surface area contributed by atoms with Gasteiger partial charge < -0.3 is 10.1 Å². The molecule has 2 aromatic rings. The molecular weight excluding hydrogens is 340 g/mol. The van der Waals surface area contributed by atoms with Gasteiger partial charge in [0.2, 0.25) is 0 Å². The van der Waals surface area contributed by atoms with Crippen LogP contribution in [0.4, 0.5) is 11.4 Å². The van der Waals surface area contributed by atoms with Crippen LogP contribution in [0.15, 0.2) is 48.6 Å². The van der Waals surface area contributed by atoms with Crippen LogP contribution in [-0.2, 0) is 0 Å². The van der Waals surface area contributed by atoms with Gasteiger partial charge >= 0.3 is 5.69 Å². The SMILES string of the molecule is COc1ccc(C2Nc3ccc(Cl)cc3C3C=CCC32)cc1[N+](=O)[O-]. The molecule has 0 fully saturated rings. The van der Waals surface area contributed by atoms with E-state index in [9.17, 15) is 10.1 Å². The first kappa shape index (κ1) is 16.0. The molecule has 3 unspecified atom stereocenters. The second kappa shape index (κ2) is 6.08. The maximum Gasteiger partial charge on any atom is 0.311 e. The number of anilines is 1. The van der Waals surface area contributed by atoms with Crippen molar-refractivity contribution in [3.8, 4) is 5.75 Å². The molecule has 0 spiro atoms. The molecule has 4 rings (SSSR count). The molecule has 0 aromatic heterocycles. The Morgan fingerprint density at radius 2 is 2.12 bits per heavy atom. The minimum Gasteiger partial charge on any atom is -0.490 e. The summed E-state index contributed by atoms with van der Waals surface area (Å²) in [6, 6.07) is 11.0. The summed E-state index contributed by atoms with van der Waals surface area (Å²) in [5, 5.41) is 15.6. The summed E-state index contributed by atoms with van der Waals surface area (Å²) >= 11 is 6.17. The zero-order valence-corrected chi connectivity index (χ0v) is 14.4. The molecule has 6 heteroatoms. The van der Waals surface area contributed by atoms with Gasteiger partial charge in [-0.2, -0.15) is 0 Å². The van der Waals surface area contributed by atoms with Crippen LogP contribution < -0.4 is 10.1 Å². The highest BCUT2D eigenvalue weighted by atomic mass is 35.5. The standard InChI is InChI=1S/C19H17ClN2O3/c1-25-18-8-5-11(9-17(18)22(23)24)19-14-4-2-3-13(14)15-10-12(20)6-7-16(15)21-19/h2-3,5-10,13-14,19,21H,4H2,1H3. The summed E-state index contributed by atoms with van der Waals surface area (Å²) in [5.74, 6) is 0.845. The van der Waals surface area contributed by atoms with Gasteiger partial charge in [0.15, 0.2) is 5.75 Å². The minimum atomic E-state index is -0.400. The van der Waals surface area contributed by atoms with Gasteiger partial charge in [0.1, 0.15) is 0 Å². The number of benzene rings is 2. The van der Waals surface area contributed by atoms with Crippen molar-refractivity contribution < 1.29 is 9.66 Å². The molecule has 0 saturated carbocycles. The van der Waals surface area contributed by atoms with Crippen LogP contribution in [0.3, 0.4) is 0 Å². The number of halogens is 1. The van der Waals surface area contributed by atoms with Gasteiger partial charge in [-0.05, 0) is 47.7 Å². The van der Waals surface area contributed by atoms with E-state index in [0.29, 0.717) is 5.92 Å². The highest BCUT2D eigenvalue weighted by molar-refractivity contribution is 6.30. The average Bonchev–Trinajstić information content (AvgIpc) is 3.10. The first-order valence-corrected chi connectivity index (χ1v) is 8.51. The second-order valence-electron chi connectivity index (χ2n) is 6.40. The molecule has 3 atom stereocenters. The van der Waals surface area contributed by atoms with E-state index in [1.54, 1.807) is 12.1 Å². The molecule has 0 radical (unpaired) electrons. The number of hydrogen-bond donors (Lipinski definition) is 1. The Morgan fingerprint density at radius 3 is 2.88 bits per heavy atom. The lowest BCUT2D eigenvalue weighted by Crippen LogP contribution is -2.29. The number of nitro benzene ring substituents is 1. The third kappa shape index (κ3) is 2.65. The summed E-state index contributed by atoms with van der Waals surface area (Å²) < 4.78 is 5.12. The predicted molar refractivity (Wildman–Crippen MR) is 97.5 cm³/mol. The van der Waals surface area contributed by atoms with Gasteiger partial charge in [-0.1, -0.05) is 29.8 Å². The van der Waals surface area contributed by atoms with Gasteiger partial charge in [-0.25, -0.2) is 0 Å². The largest absolute Gasteiger partial charge is 0.490 e. The van der Waals surface area contributed by atoms with E-state index in [1.165, 1.54) is 12.7 Å². The van der Waals surface area contributed by atoms with E-state index < -0.39 is 4.92 Å². The molecule has 0 amide bonds. The van der Waals surface area contributed by atoms with Crippen molar-refractivity contribution in [3.05, 3.63) is 74.8 Å². The maximum absolute atomic E-state index is 11.4.